The lowest BCUT2D eigenvalue weighted by molar-refractivity contribution is 0.101. The zero-order chi connectivity index (χ0) is 21.0. The molecule has 29 heavy (non-hydrogen) atoms. The Morgan fingerprint density at radius 1 is 1.03 bits per heavy atom. The molecule has 0 radical (unpaired) electrons. The lowest BCUT2D eigenvalue weighted by Gasteiger charge is -2.12. The molecule has 0 unspecified atom stereocenters. The molecule has 3 aromatic rings. The van der Waals surface area contributed by atoms with Crippen molar-refractivity contribution < 1.29 is 32.2 Å². The van der Waals surface area contributed by atoms with Gasteiger partial charge in [-0.2, -0.15) is 0 Å². The van der Waals surface area contributed by atoms with Gasteiger partial charge in [-0.3, -0.25) is 4.79 Å². The second-order valence-electron chi connectivity index (χ2n) is 5.62. The molecule has 0 aliphatic carbocycles. The van der Waals surface area contributed by atoms with Crippen LogP contribution < -0.4 is 14.2 Å². The third kappa shape index (κ3) is 4.48. The number of benzene rings is 2. The number of Topliss-reactive ketones (excluding diaryl/α,β-unsaturated/α-hetero) is 1. The number of aromatic nitrogens is 2. The normalized spacial score (nSPS) is 10.7. The van der Waals surface area contributed by atoms with Crippen LogP contribution in [0.3, 0.4) is 0 Å². The number of hydrogen-bond acceptors (Lipinski definition) is 8. The molecule has 1 heterocycles. The number of halogens is 2. The van der Waals surface area contributed by atoms with Gasteiger partial charge >= 0.3 is 0 Å². The quantitative estimate of drug-likeness (QED) is 0.398. The SMILES string of the molecule is COc1cc(-c2nnc(SCC(=O)c3cc(F)ccc3F)o2)cc(OC)c1OC. The third-order valence-electron chi connectivity index (χ3n) is 3.87. The Morgan fingerprint density at radius 3 is 2.34 bits per heavy atom. The highest BCUT2D eigenvalue weighted by Gasteiger charge is 2.19. The highest BCUT2D eigenvalue weighted by atomic mass is 32.2. The summed E-state index contributed by atoms with van der Waals surface area (Å²) in [7, 11) is 4.45. The molecule has 0 bridgehead atoms. The van der Waals surface area contributed by atoms with Crippen molar-refractivity contribution in [1.29, 1.82) is 0 Å². The van der Waals surface area contributed by atoms with Gasteiger partial charge in [-0.05, 0) is 30.3 Å². The maximum atomic E-state index is 13.7. The average Bonchev–Trinajstić information content (AvgIpc) is 3.21. The number of nitrogens with zero attached hydrogens (tertiary/aromatic N) is 2. The van der Waals surface area contributed by atoms with Gasteiger partial charge in [-0.1, -0.05) is 11.8 Å². The minimum absolute atomic E-state index is 0.0962. The first kappa shape index (κ1) is 20.6. The van der Waals surface area contributed by atoms with Crippen LogP contribution in [0, 0.1) is 11.6 Å². The first-order valence-electron chi connectivity index (χ1n) is 8.21. The van der Waals surface area contributed by atoms with E-state index in [0.29, 0.717) is 22.8 Å². The number of hydrogen-bond donors (Lipinski definition) is 0. The molecule has 0 spiro atoms. The molecule has 0 N–H and O–H groups in total. The first-order valence-corrected chi connectivity index (χ1v) is 9.20. The van der Waals surface area contributed by atoms with E-state index in [1.54, 1.807) is 12.1 Å². The summed E-state index contributed by atoms with van der Waals surface area (Å²) >= 11 is 0.915. The molecule has 0 saturated heterocycles. The molecule has 7 nitrogen and oxygen atoms in total. The van der Waals surface area contributed by atoms with E-state index in [-0.39, 0.29) is 22.4 Å². The molecular weight excluding hydrogens is 406 g/mol. The fourth-order valence-electron chi connectivity index (χ4n) is 2.51. The van der Waals surface area contributed by atoms with E-state index in [2.05, 4.69) is 10.2 Å². The Labute approximate surface area is 169 Å². The zero-order valence-corrected chi connectivity index (χ0v) is 16.5. The molecule has 0 amide bonds. The molecule has 0 aliphatic rings. The van der Waals surface area contributed by atoms with Crippen molar-refractivity contribution >= 4 is 17.5 Å². The number of carbonyl (C=O) groups excluding carboxylic acids is 1. The number of thioether (sulfide) groups is 1. The molecule has 0 fully saturated rings. The molecule has 152 valence electrons. The van der Waals surface area contributed by atoms with Gasteiger partial charge in [0.15, 0.2) is 17.3 Å². The van der Waals surface area contributed by atoms with Crippen molar-refractivity contribution in [2.45, 2.75) is 5.22 Å². The number of ketones is 1. The van der Waals surface area contributed by atoms with Crippen molar-refractivity contribution in [1.82, 2.24) is 10.2 Å². The second kappa shape index (κ2) is 8.91. The average molecular weight is 422 g/mol. The molecule has 10 heteroatoms. The number of carbonyl (C=O) groups is 1. The minimum atomic E-state index is -0.791. The van der Waals surface area contributed by atoms with Gasteiger partial charge in [0.2, 0.25) is 11.6 Å². The fourth-order valence-corrected chi connectivity index (χ4v) is 3.15. The van der Waals surface area contributed by atoms with E-state index in [0.717, 1.165) is 30.0 Å². The monoisotopic (exact) mass is 422 g/mol. The van der Waals surface area contributed by atoms with Crippen molar-refractivity contribution in [3.63, 3.8) is 0 Å². The van der Waals surface area contributed by atoms with Crippen molar-refractivity contribution in [2.75, 3.05) is 27.1 Å². The molecule has 1 aromatic heterocycles. The Hall–Kier alpha value is -3.14. The highest BCUT2D eigenvalue weighted by Crippen LogP contribution is 2.41. The first-order chi connectivity index (χ1) is 14.0. The molecule has 0 saturated carbocycles. The van der Waals surface area contributed by atoms with Crippen LogP contribution in [0.25, 0.3) is 11.5 Å². The Bertz CT molecular complexity index is 1020. The highest BCUT2D eigenvalue weighted by molar-refractivity contribution is 7.99. The van der Waals surface area contributed by atoms with Gasteiger partial charge in [0.05, 0.1) is 32.6 Å². The van der Waals surface area contributed by atoms with E-state index in [4.69, 9.17) is 18.6 Å². The van der Waals surface area contributed by atoms with Crippen molar-refractivity contribution in [3.05, 3.63) is 47.5 Å². The summed E-state index contributed by atoms with van der Waals surface area (Å²) in [5.41, 5.74) is 0.184. The lowest BCUT2D eigenvalue weighted by Crippen LogP contribution is -2.06. The molecule has 0 aliphatic heterocycles. The number of ether oxygens (including phenoxy) is 3. The summed E-state index contributed by atoms with van der Waals surface area (Å²) in [5.74, 6) is -0.886. The van der Waals surface area contributed by atoms with Crippen LogP contribution in [0.1, 0.15) is 10.4 Å². The van der Waals surface area contributed by atoms with Gasteiger partial charge in [0, 0.05) is 5.56 Å². The van der Waals surface area contributed by atoms with E-state index >= 15 is 0 Å². The van der Waals surface area contributed by atoms with Gasteiger partial charge in [-0.25, -0.2) is 8.78 Å². The van der Waals surface area contributed by atoms with Crippen LogP contribution in [0.5, 0.6) is 17.2 Å². The Balaban J connectivity index is 1.77. The van der Waals surface area contributed by atoms with Crippen LogP contribution in [0.2, 0.25) is 0 Å². The number of rotatable bonds is 8. The van der Waals surface area contributed by atoms with Gasteiger partial charge in [0.1, 0.15) is 11.6 Å². The topological polar surface area (TPSA) is 83.7 Å². The summed E-state index contributed by atoms with van der Waals surface area (Å²) in [4.78, 5) is 12.1. The predicted molar refractivity (Wildman–Crippen MR) is 101 cm³/mol. The predicted octanol–water partition coefficient (Wildman–Crippen LogP) is 4.02. The van der Waals surface area contributed by atoms with Crippen molar-refractivity contribution in [2.24, 2.45) is 0 Å². The summed E-state index contributed by atoms with van der Waals surface area (Å²) in [6.07, 6.45) is 0. The van der Waals surface area contributed by atoms with E-state index in [9.17, 15) is 13.6 Å². The summed E-state index contributed by atoms with van der Waals surface area (Å²) in [6.45, 7) is 0. The minimum Gasteiger partial charge on any atom is -0.493 e. The van der Waals surface area contributed by atoms with E-state index in [1.165, 1.54) is 21.3 Å². The van der Waals surface area contributed by atoms with Gasteiger partial charge < -0.3 is 18.6 Å². The van der Waals surface area contributed by atoms with Crippen LogP contribution >= 0.6 is 11.8 Å². The summed E-state index contributed by atoms with van der Waals surface area (Å²) in [6, 6.07) is 5.98. The molecule has 3 rings (SSSR count). The maximum Gasteiger partial charge on any atom is 0.277 e. The van der Waals surface area contributed by atoms with E-state index < -0.39 is 17.4 Å². The number of methoxy groups -OCH3 is 3. The summed E-state index contributed by atoms with van der Waals surface area (Å²) < 4.78 is 48.3. The van der Waals surface area contributed by atoms with Crippen LogP contribution in [-0.4, -0.2) is 43.1 Å². The van der Waals surface area contributed by atoms with Crippen molar-refractivity contribution in [3.8, 4) is 28.7 Å². The smallest absolute Gasteiger partial charge is 0.277 e. The van der Waals surface area contributed by atoms with Gasteiger partial charge in [-0.15, -0.1) is 10.2 Å². The Kier molecular flexibility index (Phi) is 6.32. The van der Waals surface area contributed by atoms with Crippen LogP contribution in [-0.2, 0) is 0 Å². The Morgan fingerprint density at radius 2 is 1.72 bits per heavy atom. The molecule has 0 atom stereocenters. The van der Waals surface area contributed by atoms with Crippen LogP contribution in [0.15, 0.2) is 40.0 Å². The molecule has 2 aromatic carbocycles. The van der Waals surface area contributed by atoms with E-state index in [1.807, 2.05) is 0 Å². The second-order valence-corrected chi connectivity index (χ2v) is 6.55. The maximum absolute atomic E-state index is 13.7. The fraction of sp³-hybridized carbons (Fsp3) is 0.211. The standard InChI is InChI=1S/C19H16F2N2O5S/c1-25-15-6-10(7-16(26-2)17(15)27-3)18-22-23-19(28-18)29-9-14(24)12-8-11(20)4-5-13(12)21/h4-8H,9H2,1-3H3. The lowest BCUT2D eigenvalue weighted by atomic mass is 10.1. The third-order valence-corrected chi connectivity index (χ3v) is 4.69. The van der Waals surface area contributed by atoms with Crippen LogP contribution in [0.4, 0.5) is 8.78 Å². The zero-order valence-electron chi connectivity index (χ0n) is 15.7. The molecular formula is C19H16F2N2O5S. The largest absolute Gasteiger partial charge is 0.493 e. The van der Waals surface area contributed by atoms with Gasteiger partial charge in [0.25, 0.3) is 5.22 Å². The summed E-state index contributed by atoms with van der Waals surface area (Å²) in [5, 5.41) is 7.90.